The molecular formula is C12H14F4OS. The summed E-state index contributed by atoms with van der Waals surface area (Å²) in [5.41, 5.74) is 0. The Morgan fingerprint density at radius 3 is 2.50 bits per heavy atom. The van der Waals surface area contributed by atoms with Crippen LogP contribution in [0.15, 0.2) is 29.2 Å². The summed E-state index contributed by atoms with van der Waals surface area (Å²) in [6.45, 7) is 0. The second-order valence-electron chi connectivity index (χ2n) is 3.90. The molecule has 1 unspecified atom stereocenters. The van der Waals surface area contributed by atoms with Crippen LogP contribution in [0.25, 0.3) is 0 Å². The zero-order valence-corrected chi connectivity index (χ0v) is 10.4. The van der Waals surface area contributed by atoms with Gasteiger partial charge in [-0.05, 0) is 25.0 Å². The molecule has 0 saturated heterocycles. The van der Waals surface area contributed by atoms with E-state index < -0.39 is 18.7 Å². The van der Waals surface area contributed by atoms with Crippen LogP contribution < -0.4 is 0 Å². The van der Waals surface area contributed by atoms with Crippen LogP contribution in [0.5, 0.6) is 0 Å². The van der Waals surface area contributed by atoms with Crippen molar-refractivity contribution in [3.8, 4) is 0 Å². The second kappa shape index (κ2) is 6.99. The summed E-state index contributed by atoms with van der Waals surface area (Å²) in [4.78, 5) is 0.396. The van der Waals surface area contributed by atoms with Gasteiger partial charge in [-0.15, -0.1) is 11.8 Å². The van der Waals surface area contributed by atoms with Crippen LogP contribution in [0, 0.1) is 5.82 Å². The average molecular weight is 282 g/mol. The molecule has 0 radical (unpaired) electrons. The lowest BCUT2D eigenvalue weighted by Gasteiger charge is -2.11. The molecule has 0 aliphatic heterocycles. The maximum absolute atomic E-state index is 13.2. The lowest BCUT2D eigenvalue weighted by molar-refractivity contribution is -0.136. The Hall–Kier alpha value is -0.750. The van der Waals surface area contributed by atoms with Gasteiger partial charge in [0.05, 0.1) is 6.10 Å². The second-order valence-corrected chi connectivity index (χ2v) is 4.96. The Morgan fingerprint density at radius 1 is 1.22 bits per heavy atom. The first kappa shape index (κ1) is 15.3. The molecule has 0 amide bonds. The lowest BCUT2D eigenvalue weighted by Crippen LogP contribution is -2.13. The van der Waals surface area contributed by atoms with Crippen molar-refractivity contribution in [1.82, 2.24) is 0 Å². The number of halogens is 4. The maximum Gasteiger partial charge on any atom is 0.389 e. The molecule has 1 aromatic rings. The van der Waals surface area contributed by atoms with Crippen molar-refractivity contribution < 1.29 is 22.7 Å². The maximum atomic E-state index is 13.2. The van der Waals surface area contributed by atoms with Gasteiger partial charge in [-0.2, -0.15) is 13.2 Å². The summed E-state index contributed by atoms with van der Waals surface area (Å²) < 4.78 is 48.8. The van der Waals surface area contributed by atoms with Crippen molar-refractivity contribution in [3.05, 3.63) is 30.1 Å². The molecular weight excluding hydrogens is 268 g/mol. The van der Waals surface area contributed by atoms with E-state index in [1.165, 1.54) is 6.07 Å². The molecule has 6 heteroatoms. The summed E-state index contributed by atoms with van der Waals surface area (Å²) in [6, 6.07) is 6.10. The fourth-order valence-corrected chi connectivity index (χ4v) is 2.29. The molecule has 0 saturated carbocycles. The molecule has 102 valence electrons. The smallest absolute Gasteiger partial charge is 0.389 e. The molecule has 18 heavy (non-hydrogen) atoms. The first-order valence-electron chi connectivity index (χ1n) is 5.50. The number of aliphatic hydroxyl groups is 1. The highest BCUT2D eigenvalue weighted by molar-refractivity contribution is 7.99. The Kier molecular flexibility index (Phi) is 5.95. The quantitative estimate of drug-likeness (QED) is 0.628. The standard InChI is InChI=1S/C12H14F4OS/c13-10-5-1-2-6-11(10)18-8-9(17)4-3-7-12(14,15)16/h1-2,5-6,9,17H,3-4,7-8H2. The largest absolute Gasteiger partial charge is 0.392 e. The van der Waals surface area contributed by atoms with Crippen molar-refractivity contribution >= 4 is 11.8 Å². The van der Waals surface area contributed by atoms with Gasteiger partial charge >= 0.3 is 6.18 Å². The van der Waals surface area contributed by atoms with E-state index in [2.05, 4.69) is 0 Å². The number of hydrogen-bond acceptors (Lipinski definition) is 2. The van der Waals surface area contributed by atoms with Crippen molar-refractivity contribution in [2.45, 2.75) is 36.4 Å². The van der Waals surface area contributed by atoms with E-state index >= 15 is 0 Å². The Labute approximate surface area is 107 Å². The number of alkyl halides is 3. The van der Waals surface area contributed by atoms with Gasteiger partial charge in [-0.25, -0.2) is 4.39 Å². The molecule has 0 bridgehead atoms. The van der Waals surface area contributed by atoms with Gasteiger partial charge in [0.15, 0.2) is 0 Å². The van der Waals surface area contributed by atoms with Crippen LogP contribution in [0.3, 0.4) is 0 Å². The minimum atomic E-state index is -4.18. The molecule has 1 N–H and O–H groups in total. The van der Waals surface area contributed by atoms with Gasteiger partial charge in [0.1, 0.15) is 5.82 Å². The Morgan fingerprint density at radius 2 is 1.89 bits per heavy atom. The van der Waals surface area contributed by atoms with E-state index in [9.17, 15) is 22.7 Å². The predicted molar refractivity (Wildman–Crippen MR) is 63.0 cm³/mol. The third-order valence-electron chi connectivity index (χ3n) is 2.27. The SMILES string of the molecule is OC(CCCC(F)(F)F)CSc1ccccc1F. The molecule has 0 aromatic heterocycles. The van der Waals surface area contributed by atoms with Crippen LogP contribution in [0.1, 0.15) is 19.3 Å². The van der Waals surface area contributed by atoms with Gasteiger partial charge in [0.2, 0.25) is 0 Å². The summed E-state index contributed by atoms with van der Waals surface area (Å²) in [5.74, 6) is -0.191. The summed E-state index contributed by atoms with van der Waals surface area (Å²) in [7, 11) is 0. The van der Waals surface area contributed by atoms with E-state index in [0.717, 1.165) is 11.8 Å². The van der Waals surface area contributed by atoms with E-state index in [4.69, 9.17) is 0 Å². The molecule has 1 atom stereocenters. The van der Waals surface area contributed by atoms with Crippen LogP contribution in [-0.4, -0.2) is 23.1 Å². The monoisotopic (exact) mass is 282 g/mol. The third-order valence-corrected chi connectivity index (χ3v) is 3.46. The first-order chi connectivity index (χ1) is 8.38. The molecule has 0 aliphatic carbocycles. The number of thioether (sulfide) groups is 1. The Balaban J connectivity index is 2.25. The molecule has 0 heterocycles. The zero-order valence-electron chi connectivity index (χ0n) is 9.58. The molecule has 1 rings (SSSR count). The zero-order chi connectivity index (χ0) is 13.6. The number of aliphatic hydroxyl groups excluding tert-OH is 1. The van der Waals surface area contributed by atoms with Crippen molar-refractivity contribution in [2.24, 2.45) is 0 Å². The molecule has 0 fully saturated rings. The van der Waals surface area contributed by atoms with Gasteiger partial charge in [-0.1, -0.05) is 12.1 Å². The van der Waals surface area contributed by atoms with E-state index in [1.807, 2.05) is 0 Å². The lowest BCUT2D eigenvalue weighted by atomic mass is 10.2. The third kappa shape index (κ3) is 6.26. The number of hydrogen-bond donors (Lipinski definition) is 1. The highest BCUT2D eigenvalue weighted by Crippen LogP contribution is 2.25. The van der Waals surface area contributed by atoms with Crippen LogP contribution in [-0.2, 0) is 0 Å². The molecule has 1 nitrogen and oxygen atoms in total. The highest BCUT2D eigenvalue weighted by Gasteiger charge is 2.26. The topological polar surface area (TPSA) is 20.2 Å². The predicted octanol–water partition coefficient (Wildman–Crippen LogP) is 4.01. The molecule has 0 aliphatic rings. The molecule has 0 spiro atoms. The minimum Gasteiger partial charge on any atom is -0.392 e. The van der Waals surface area contributed by atoms with E-state index in [1.54, 1.807) is 18.2 Å². The van der Waals surface area contributed by atoms with Crippen molar-refractivity contribution in [3.63, 3.8) is 0 Å². The van der Waals surface area contributed by atoms with Gasteiger partial charge in [0, 0.05) is 17.1 Å². The summed E-state index contributed by atoms with van der Waals surface area (Å²) in [5, 5.41) is 9.49. The van der Waals surface area contributed by atoms with Crippen LogP contribution in [0.4, 0.5) is 17.6 Å². The molecule has 1 aromatic carbocycles. The van der Waals surface area contributed by atoms with E-state index in [-0.39, 0.29) is 24.4 Å². The van der Waals surface area contributed by atoms with Gasteiger partial charge in [0.25, 0.3) is 0 Å². The van der Waals surface area contributed by atoms with Gasteiger partial charge < -0.3 is 5.11 Å². The first-order valence-corrected chi connectivity index (χ1v) is 6.49. The average Bonchev–Trinajstić information content (AvgIpc) is 2.26. The van der Waals surface area contributed by atoms with Crippen LogP contribution in [0.2, 0.25) is 0 Å². The fraction of sp³-hybridized carbons (Fsp3) is 0.500. The van der Waals surface area contributed by atoms with E-state index in [0.29, 0.717) is 4.90 Å². The number of rotatable bonds is 6. The highest BCUT2D eigenvalue weighted by atomic mass is 32.2. The minimum absolute atomic E-state index is 0.0704. The normalized spacial score (nSPS) is 13.6. The van der Waals surface area contributed by atoms with Crippen molar-refractivity contribution in [2.75, 3.05) is 5.75 Å². The Bertz CT molecular complexity index is 367. The summed E-state index contributed by atoms with van der Waals surface area (Å²) >= 11 is 1.11. The van der Waals surface area contributed by atoms with Gasteiger partial charge in [-0.3, -0.25) is 0 Å². The summed E-state index contributed by atoms with van der Waals surface area (Å²) in [6.07, 6.45) is -5.96. The van der Waals surface area contributed by atoms with Crippen molar-refractivity contribution in [1.29, 1.82) is 0 Å². The van der Waals surface area contributed by atoms with Crippen LogP contribution >= 0.6 is 11.8 Å². The number of benzene rings is 1. The fourth-order valence-electron chi connectivity index (χ4n) is 1.37.